The van der Waals surface area contributed by atoms with E-state index in [0.717, 1.165) is 0 Å². The molecule has 1 fully saturated rings. The monoisotopic (exact) mass is 426 g/mol. The molecule has 0 aliphatic carbocycles. The highest BCUT2D eigenvalue weighted by Gasteiger charge is 2.58. The van der Waals surface area contributed by atoms with Crippen LogP contribution in [0.2, 0.25) is 0 Å². The number of benzene rings is 2. The summed E-state index contributed by atoms with van der Waals surface area (Å²) < 4.78 is 10.4. The zero-order chi connectivity index (χ0) is 22.6. The lowest BCUT2D eigenvalue weighted by Crippen LogP contribution is -2.53. The van der Waals surface area contributed by atoms with Gasteiger partial charge in [0.05, 0.1) is 25.7 Å². The second kappa shape index (κ2) is 9.07. The first kappa shape index (κ1) is 22.1. The molecule has 0 aromatic heterocycles. The number of rotatable bonds is 6. The van der Waals surface area contributed by atoms with E-state index in [0.29, 0.717) is 17.0 Å². The van der Waals surface area contributed by atoms with Gasteiger partial charge >= 0.3 is 18.0 Å². The number of hydrogen-bond acceptors (Lipinski definition) is 5. The fourth-order valence-electron chi connectivity index (χ4n) is 4.02. The molecule has 1 saturated heterocycles. The molecule has 3 unspecified atom stereocenters. The fraction of sp³-hybridized carbons (Fsp3) is 0.348. The average Bonchev–Trinajstić information content (AvgIpc) is 3.09. The first-order valence-electron chi connectivity index (χ1n) is 10.0. The Labute approximate surface area is 180 Å². The summed E-state index contributed by atoms with van der Waals surface area (Å²) in [7, 11) is 1.53. The van der Waals surface area contributed by atoms with Crippen LogP contribution < -0.4 is 10.1 Å². The first-order chi connectivity index (χ1) is 14.8. The highest BCUT2D eigenvalue weighted by Crippen LogP contribution is 2.48. The number of urea groups is 1. The number of methoxy groups -OCH3 is 1. The van der Waals surface area contributed by atoms with Crippen molar-refractivity contribution in [2.45, 2.75) is 31.8 Å². The predicted octanol–water partition coefficient (Wildman–Crippen LogP) is 3.70. The van der Waals surface area contributed by atoms with Crippen LogP contribution in [-0.2, 0) is 14.3 Å². The van der Waals surface area contributed by atoms with E-state index in [2.05, 4.69) is 5.32 Å². The summed E-state index contributed by atoms with van der Waals surface area (Å²) in [4.78, 5) is 39.7. The number of carbonyl (C=O) groups excluding carboxylic acids is 2. The Morgan fingerprint density at radius 3 is 2.32 bits per heavy atom. The van der Waals surface area contributed by atoms with Crippen LogP contribution >= 0.6 is 0 Å². The van der Waals surface area contributed by atoms with Crippen molar-refractivity contribution >= 4 is 23.7 Å². The van der Waals surface area contributed by atoms with Crippen LogP contribution in [0.5, 0.6) is 5.75 Å². The Morgan fingerprint density at radius 2 is 1.77 bits per heavy atom. The standard InChI is InChI=1S/C23H26N2O6/c1-4-31-20(26)18-14-23(2,21(27)28)25(22(29)24-16-8-6-5-7-9-16)19(18)15-10-12-17(30-3)13-11-15/h5-13,18-19H,4,14H2,1-3H3,(H,24,29)(H,27,28). The minimum absolute atomic E-state index is 0.0694. The van der Waals surface area contributed by atoms with Gasteiger partial charge in [-0.25, -0.2) is 9.59 Å². The van der Waals surface area contributed by atoms with E-state index in [9.17, 15) is 19.5 Å². The van der Waals surface area contributed by atoms with Crippen LogP contribution in [0.25, 0.3) is 0 Å². The molecule has 2 aromatic rings. The molecule has 3 rings (SSSR count). The number of carboxylic acids is 1. The Balaban J connectivity index is 2.08. The van der Waals surface area contributed by atoms with E-state index in [1.807, 2.05) is 6.07 Å². The minimum atomic E-state index is -1.61. The third kappa shape index (κ3) is 4.33. The summed E-state index contributed by atoms with van der Waals surface area (Å²) in [6.07, 6.45) is -0.0694. The van der Waals surface area contributed by atoms with Crippen LogP contribution in [-0.4, -0.2) is 47.2 Å². The Kier molecular flexibility index (Phi) is 6.48. The topological polar surface area (TPSA) is 105 Å². The molecule has 0 saturated carbocycles. The van der Waals surface area contributed by atoms with Crippen LogP contribution in [0.3, 0.4) is 0 Å². The number of amides is 2. The molecule has 0 spiro atoms. The van der Waals surface area contributed by atoms with Gasteiger partial charge in [0.1, 0.15) is 11.3 Å². The highest BCUT2D eigenvalue weighted by molar-refractivity contribution is 5.96. The number of anilines is 1. The van der Waals surface area contributed by atoms with Crippen LogP contribution in [0.4, 0.5) is 10.5 Å². The van der Waals surface area contributed by atoms with Crippen molar-refractivity contribution in [2.75, 3.05) is 19.0 Å². The van der Waals surface area contributed by atoms with Gasteiger partial charge in [-0.2, -0.15) is 0 Å². The van der Waals surface area contributed by atoms with Crippen molar-refractivity contribution in [3.05, 3.63) is 60.2 Å². The summed E-state index contributed by atoms with van der Waals surface area (Å²) in [6.45, 7) is 3.30. The van der Waals surface area contributed by atoms with Crippen molar-refractivity contribution in [1.82, 2.24) is 4.90 Å². The number of para-hydroxylation sites is 1. The van der Waals surface area contributed by atoms with E-state index in [1.54, 1.807) is 55.5 Å². The zero-order valence-corrected chi connectivity index (χ0v) is 17.7. The zero-order valence-electron chi connectivity index (χ0n) is 17.7. The number of likely N-dealkylation sites (tertiary alicyclic amines) is 1. The average molecular weight is 426 g/mol. The second-order valence-electron chi connectivity index (χ2n) is 7.53. The van der Waals surface area contributed by atoms with Crippen LogP contribution in [0.1, 0.15) is 31.9 Å². The molecule has 8 nitrogen and oxygen atoms in total. The van der Waals surface area contributed by atoms with Crippen molar-refractivity contribution in [1.29, 1.82) is 0 Å². The molecule has 164 valence electrons. The largest absolute Gasteiger partial charge is 0.497 e. The van der Waals surface area contributed by atoms with Crippen LogP contribution in [0.15, 0.2) is 54.6 Å². The molecule has 0 bridgehead atoms. The van der Waals surface area contributed by atoms with Crippen molar-refractivity contribution in [2.24, 2.45) is 5.92 Å². The smallest absolute Gasteiger partial charge is 0.329 e. The van der Waals surface area contributed by atoms with Gasteiger partial charge in [0.25, 0.3) is 0 Å². The molecule has 31 heavy (non-hydrogen) atoms. The maximum absolute atomic E-state index is 13.3. The summed E-state index contributed by atoms with van der Waals surface area (Å²) in [5, 5.41) is 12.8. The number of esters is 1. The molecular formula is C23H26N2O6. The normalized spacial score (nSPS) is 22.6. The predicted molar refractivity (Wildman–Crippen MR) is 114 cm³/mol. The molecule has 8 heteroatoms. The highest BCUT2D eigenvalue weighted by atomic mass is 16.5. The Hall–Kier alpha value is -3.55. The van der Waals surface area contributed by atoms with E-state index >= 15 is 0 Å². The molecule has 0 radical (unpaired) electrons. The molecule has 2 aromatic carbocycles. The number of carbonyl (C=O) groups is 3. The third-order valence-corrected chi connectivity index (χ3v) is 5.56. The SMILES string of the molecule is CCOC(=O)C1CC(C)(C(=O)O)N(C(=O)Nc2ccccc2)C1c1ccc(OC)cc1. The Morgan fingerprint density at radius 1 is 1.13 bits per heavy atom. The third-order valence-electron chi connectivity index (χ3n) is 5.56. The fourth-order valence-corrected chi connectivity index (χ4v) is 4.02. The quantitative estimate of drug-likeness (QED) is 0.683. The van der Waals surface area contributed by atoms with Gasteiger partial charge in [0.15, 0.2) is 0 Å². The van der Waals surface area contributed by atoms with Gasteiger partial charge in [-0.1, -0.05) is 30.3 Å². The van der Waals surface area contributed by atoms with E-state index < -0.39 is 35.5 Å². The van der Waals surface area contributed by atoms with Gasteiger partial charge < -0.3 is 24.8 Å². The van der Waals surface area contributed by atoms with Gasteiger partial charge in [0, 0.05) is 5.69 Å². The second-order valence-corrected chi connectivity index (χ2v) is 7.53. The molecule has 2 N–H and O–H groups in total. The molecule has 1 heterocycles. The van der Waals surface area contributed by atoms with E-state index in [4.69, 9.17) is 9.47 Å². The van der Waals surface area contributed by atoms with Crippen molar-refractivity contribution in [3.63, 3.8) is 0 Å². The number of nitrogens with one attached hydrogen (secondary N) is 1. The summed E-state index contributed by atoms with van der Waals surface area (Å²) in [5.41, 5.74) is -0.471. The maximum Gasteiger partial charge on any atom is 0.329 e. The lowest BCUT2D eigenvalue weighted by atomic mass is 9.90. The van der Waals surface area contributed by atoms with Gasteiger partial charge in [-0.3, -0.25) is 4.79 Å². The summed E-state index contributed by atoms with van der Waals surface area (Å²) in [5.74, 6) is -1.96. The van der Waals surface area contributed by atoms with E-state index in [-0.39, 0.29) is 13.0 Å². The molecule has 3 atom stereocenters. The van der Waals surface area contributed by atoms with Gasteiger partial charge in [0.2, 0.25) is 0 Å². The van der Waals surface area contributed by atoms with Crippen molar-refractivity contribution in [3.8, 4) is 5.75 Å². The summed E-state index contributed by atoms with van der Waals surface area (Å²) in [6, 6.07) is 14.2. The minimum Gasteiger partial charge on any atom is -0.497 e. The van der Waals surface area contributed by atoms with Crippen molar-refractivity contribution < 1.29 is 29.0 Å². The number of hydrogen-bond donors (Lipinski definition) is 2. The molecular weight excluding hydrogens is 400 g/mol. The number of ether oxygens (including phenoxy) is 2. The van der Waals surface area contributed by atoms with Crippen LogP contribution in [0, 0.1) is 5.92 Å². The molecule has 2 amide bonds. The van der Waals surface area contributed by atoms with E-state index in [1.165, 1.54) is 18.9 Å². The Bertz CT molecular complexity index is 946. The van der Waals surface area contributed by atoms with Gasteiger partial charge in [-0.05, 0) is 50.1 Å². The summed E-state index contributed by atoms with van der Waals surface area (Å²) >= 11 is 0. The number of nitrogens with zero attached hydrogens (tertiary/aromatic N) is 1. The molecule has 1 aliphatic heterocycles. The maximum atomic E-state index is 13.3. The number of carboxylic acid groups (broad SMARTS) is 1. The lowest BCUT2D eigenvalue weighted by Gasteiger charge is -2.35. The van der Waals surface area contributed by atoms with Gasteiger partial charge in [-0.15, -0.1) is 0 Å². The lowest BCUT2D eigenvalue weighted by molar-refractivity contribution is -0.148. The molecule has 1 aliphatic rings. The number of aliphatic carboxylic acids is 1. The first-order valence-corrected chi connectivity index (χ1v) is 10.0.